The second-order valence-corrected chi connectivity index (χ2v) is 6.49. The van der Waals surface area contributed by atoms with Crippen LogP contribution in [-0.4, -0.2) is 63.1 Å². The molecule has 2 aliphatic heterocycles. The lowest BCUT2D eigenvalue weighted by Gasteiger charge is -2.34. The maximum atomic E-state index is 12.0. The number of likely N-dealkylation sites (tertiary alicyclic amines) is 1. The quantitative estimate of drug-likeness (QED) is 0.723. The van der Waals surface area contributed by atoms with Crippen molar-refractivity contribution in [1.29, 1.82) is 0 Å². The van der Waals surface area contributed by atoms with Crippen molar-refractivity contribution in [2.45, 2.75) is 31.5 Å². The fourth-order valence-electron chi connectivity index (χ4n) is 3.79. The molecule has 8 nitrogen and oxygen atoms in total. The van der Waals surface area contributed by atoms with Crippen LogP contribution in [-0.2, 0) is 4.79 Å². The van der Waals surface area contributed by atoms with E-state index < -0.39 is 12.0 Å². The van der Waals surface area contributed by atoms with Crippen LogP contribution >= 0.6 is 0 Å². The van der Waals surface area contributed by atoms with E-state index in [1.54, 1.807) is 17.0 Å². The van der Waals surface area contributed by atoms with Crippen molar-refractivity contribution in [1.82, 2.24) is 14.9 Å². The summed E-state index contributed by atoms with van der Waals surface area (Å²) >= 11 is 0. The molecule has 2 aromatic rings. The molecule has 2 amide bonds. The van der Waals surface area contributed by atoms with Crippen LogP contribution in [0.2, 0.25) is 0 Å². The number of H-pyrrole nitrogens is 1. The lowest BCUT2D eigenvalue weighted by molar-refractivity contribution is -0.140. The number of nitrogens with two attached hydrogens (primary N) is 1. The first-order chi connectivity index (χ1) is 11.5. The van der Waals surface area contributed by atoms with Gasteiger partial charge in [-0.25, -0.2) is 4.98 Å². The molecule has 2 saturated heterocycles. The van der Waals surface area contributed by atoms with Crippen molar-refractivity contribution >= 4 is 28.8 Å². The van der Waals surface area contributed by atoms with Crippen molar-refractivity contribution in [3.05, 3.63) is 23.8 Å². The number of piperazine rings is 1. The van der Waals surface area contributed by atoms with Crippen LogP contribution in [0, 0.1) is 0 Å². The van der Waals surface area contributed by atoms with Gasteiger partial charge in [0, 0.05) is 13.1 Å². The number of fused-ring (bicyclic) bond motifs is 3. The minimum absolute atomic E-state index is 0.0842. The van der Waals surface area contributed by atoms with Gasteiger partial charge in [-0.1, -0.05) is 6.07 Å². The number of nitrogens with zero attached hydrogens (tertiary/aromatic N) is 3. The number of aromatic amines is 1. The van der Waals surface area contributed by atoms with Gasteiger partial charge in [0.15, 0.2) is 0 Å². The zero-order valence-corrected chi connectivity index (χ0v) is 13.3. The Kier molecular flexibility index (Phi) is 3.24. The Balaban J connectivity index is 1.61. The first-order valence-electron chi connectivity index (χ1n) is 7.99. The van der Waals surface area contributed by atoms with Crippen molar-refractivity contribution in [3.8, 4) is 0 Å². The van der Waals surface area contributed by atoms with Crippen LogP contribution in [0.1, 0.15) is 23.7 Å². The van der Waals surface area contributed by atoms with E-state index in [0.29, 0.717) is 30.1 Å². The molecule has 0 spiro atoms. The minimum Gasteiger partial charge on any atom is -0.384 e. The highest BCUT2D eigenvalue weighted by atomic mass is 16.3. The predicted molar refractivity (Wildman–Crippen MR) is 87.5 cm³/mol. The van der Waals surface area contributed by atoms with Gasteiger partial charge in [0.1, 0.15) is 11.6 Å². The Morgan fingerprint density at radius 2 is 2.17 bits per heavy atom. The van der Waals surface area contributed by atoms with Gasteiger partial charge < -0.3 is 25.6 Å². The largest absolute Gasteiger partial charge is 0.384 e. The number of imidazole rings is 1. The summed E-state index contributed by atoms with van der Waals surface area (Å²) in [6, 6.07) is 5.53. The molecule has 0 saturated carbocycles. The van der Waals surface area contributed by atoms with Gasteiger partial charge in [-0.05, 0) is 25.5 Å². The van der Waals surface area contributed by atoms with E-state index >= 15 is 0 Å². The number of carbonyl (C=O) groups excluding carboxylic acids is 2. The van der Waals surface area contributed by atoms with Crippen LogP contribution in [0.5, 0.6) is 0 Å². The van der Waals surface area contributed by atoms with E-state index in [0.717, 1.165) is 11.9 Å². The van der Waals surface area contributed by atoms with Gasteiger partial charge in [0.25, 0.3) is 11.8 Å². The third-order valence-electron chi connectivity index (χ3n) is 4.92. The smallest absolute Gasteiger partial charge is 0.251 e. The topological polar surface area (TPSA) is 116 Å². The normalized spacial score (nSPS) is 23.9. The van der Waals surface area contributed by atoms with Crippen molar-refractivity contribution < 1.29 is 14.7 Å². The molecule has 2 fully saturated rings. The van der Waals surface area contributed by atoms with Gasteiger partial charge in [0.05, 0.1) is 23.2 Å². The number of hydrogen-bond acceptors (Lipinski definition) is 5. The zero-order valence-electron chi connectivity index (χ0n) is 13.3. The van der Waals surface area contributed by atoms with Crippen LogP contribution < -0.4 is 10.6 Å². The molecule has 3 heterocycles. The van der Waals surface area contributed by atoms with E-state index in [2.05, 4.69) is 14.9 Å². The highest BCUT2D eigenvalue weighted by molar-refractivity contribution is 6.04. The molecule has 24 heavy (non-hydrogen) atoms. The molecule has 8 heteroatoms. The molecule has 2 aliphatic rings. The fraction of sp³-hybridized carbons (Fsp3) is 0.438. The lowest BCUT2D eigenvalue weighted by Crippen LogP contribution is -2.51. The van der Waals surface area contributed by atoms with E-state index in [4.69, 9.17) is 5.73 Å². The summed E-state index contributed by atoms with van der Waals surface area (Å²) in [7, 11) is 0. The van der Waals surface area contributed by atoms with E-state index in [-0.39, 0.29) is 18.0 Å². The standard InChI is InChI=1S/C16H19N5O3/c1-8(22)15(24)20-6-10-5-9(20)7-21(10)16-18-12-4-2-3-11(14(17)23)13(12)19-16/h2-4,8-10,22H,5-7H2,1H3,(H2,17,23)(H,18,19)/t8?,9-,10+/m0/s1. The summed E-state index contributed by atoms with van der Waals surface area (Å²) in [5.74, 6) is -0.0339. The molecule has 4 N–H and O–H groups in total. The molecule has 3 atom stereocenters. The highest BCUT2D eigenvalue weighted by Crippen LogP contribution is 2.34. The average molecular weight is 329 g/mol. The third kappa shape index (κ3) is 2.14. The molecule has 1 aromatic carbocycles. The Hall–Kier alpha value is -2.61. The minimum atomic E-state index is -0.970. The van der Waals surface area contributed by atoms with Crippen molar-refractivity contribution in [3.63, 3.8) is 0 Å². The second kappa shape index (κ2) is 5.20. The maximum Gasteiger partial charge on any atom is 0.251 e. The average Bonchev–Trinajstić information content (AvgIpc) is 3.25. The molecule has 4 rings (SSSR count). The summed E-state index contributed by atoms with van der Waals surface area (Å²) < 4.78 is 0. The number of aromatic nitrogens is 2. The summed E-state index contributed by atoms with van der Waals surface area (Å²) in [6.07, 6.45) is -0.111. The molecule has 126 valence electrons. The van der Waals surface area contributed by atoms with Gasteiger partial charge in [0.2, 0.25) is 5.95 Å². The van der Waals surface area contributed by atoms with Gasteiger partial charge in [-0.3, -0.25) is 9.59 Å². The van der Waals surface area contributed by atoms with Crippen LogP contribution in [0.3, 0.4) is 0 Å². The number of primary amides is 1. The highest BCUT2D eigenvalue weighted by Gasteiger charge is 2.46. The number of benzene rings is 1. The van der Waals surface area contributed by atoms with Gasteiger partial charge in [-0.15, -0.1) is 0 Å². The molecule has 0 aliphatic carbocycles. The Labute approximate surface area is 138 Å². The monoisotopic (exact) mass is 329 g/mol. The van der Waals surface area contributed by atoms with Crippen LogP contribution in [0.15, 0.2) is 18.2 Å². The number of anilines is 1. The number of aliphatic hydroxyl groups excluding tert-OH is 1. The second-order valence-electron chi connectivity index (χ2n) is 6.49. The number of nitrogens with one attached hydrogen (secondary N) is 1. The van der Waals surface area contributed by atoms with Crippen molar-refractivity contribution in [2.24, 2.45) is 5.73 Å². The van der Waals surface area contributed by atoms with Crippen LogP contribution in [0.4, 0.5) is 5.95 Å². The number of aliphatic hydroxyl groups is 1. The van der Waals surface area contributed by atoms with Crippen LogP contribution in [0.25, 0.3) is 11.0 Å². The molecular formula is C16H19N5O3. The SMILES string of the molecule is CC(O)C(=O)N1C[C@H]2C[C@H]1CN2c1nc2c(C(N)=O)cccc2[nH]1. The summed E-state index contributed by atoms with van der Waals surface area (Å²) in [5.41, 5.74) is 7.14. The molecule has 1 aromatic heterocycles. The molecule has 2 bridgehead atoms. The molecular weight excluding hydrogens is 310 g/mol. The Bertz CT molecular complexity index is 830. The number of amides is 2. The maximum absolute atomic E-state index is 12.0. The van der Waals surface area contributed by atoms with Gasteiger partial charge >= 0.3 is 0 Å². The number of carbonyl (C=O) groups is 2. The fourth-order valence-corrected chi connectivity index (χ4v) is 3.79. The summed E-state index contributed by atoms with van der Waals surface area (Å²) in [5, 5.41) is 9.50. The summed E-state index contributed by atoms with van der Waals surface area (Å²) in [6.45, 7) is 2.74. The van der Waals surface area contributed by atoms with Crippen molar-refractivity contribution in [2.75, 3.05) is 18.0 Å². The Morgan fingerprint density at radius 1 is 1.38 bits per heavy atom. The molecule has 0 radical (unpaired) electrons. The third-order valence-corrected chi connectivity index (χ3v) is 4.92. The Morgan fingerprint density at radius 3 is 2.79 bits per heavy atom. The predicted octanol–water partition coefficient (Wildman–Crippen LogP) is -0.168. The summed E-state index contributed by atoms with van der Waals surface area (Å²) in [4.78, 5) is 35.2. The lowest BCUT2D eigenvalue weighted by atomic mass is 10.2. The van der Waals surface area contributed by atoms with Gasteiger partial charge in [-0.2, -0.15) is 0 Å². The van der Waals surface area contributed by atoms with E-state index in [9.17, 15) is 14.7 Å². The molecule has 1 unspecified atom stereocenters. The number of para-hydroxylation sites is 1. The first-order valence-corrected chi connectivity index (χ1v) is 7.99. The first kappa shape index (κ1) is 14.9. The van der Waals surface area contributed by atoms with E-state index in [1.165, 1.54) is 6.92 Å². The van der Waals surface area contributed by atoms with E-state index in [1.807, 2.05) is 6.07 Å². The number of rotatable bonds is 3. The number of hydrogen-bond donors (Lipinski definition) is 3. The zero-order chi connectivity index (χ0) is 17.0.